The van der Waals surface area contributed by atoms with Gasteiger partial charge in [0.2, 0.25) is 0 Å². The smallest absolute Gasteiger partial charge is 0.326 e. The molecule has 3 N–H and O–H groups in total. The van der Waals surface area contributed by atoms with E-state index >= 15 is 0 Å². The number of hydrogen-bond donors (Lipinski definition) is 3. The van der Waals surface area contributed by atoms with Crippen molar-refractivity contribution in [2.24, 2.45) is 17.3 Å². The third-order valence-corrected chi connectivity index (χ3v) is 3.11. The number of carboxylic acids is 1. The topological polar surface area (TPSA) is 78.4 Å². The van der Waals surface area contributed by atoms with Crippen LogP contribution in [0.4, 0.5) is 4.79 Å². The first-order valence-corrected chi connectivity index (χ1v) is 6.33. The predicted molar refractivity (Wildman–Crippen MR) is 71.4 cm³/mol. The molecule has 106 valence electrons. The fourth-order valence-corrected chi connectivity index (χ4v) is 1.32. The molecule has 0 aliphatic rings. The van der Waals surface area contributed by atoms with Gasteiger partial charge in [0, 0.05) is 6.54 Å². The van der Waals surface area contributed by atoms with Gasteiger partial charge in [0.1, 0.15) is 6.04 Å². The molecule has 0 aliphatic heterocycles. The lowest BCUT2D eigenvalue weighted by Gasteiger charge is -2.28. The summed E-state index contributed by atoms with van der Waals surface area (Å²) in [6.45, 7) is 12.1. The van der Waals surface area contributed by atoms with Crippen LogP contribution in [-0.2, 0) is 4.79 Å². The summed E-state index contributed by atoms with van der Waals surface area (Å²) in [6, 6.07) is -1.32. The van der Waals surface area contributed by atoms with Crippen molar-refractivity contribution in [3.63, 3.8) is 0 Å². The number of carboxylic acid groups (broad SMARTS) is 1. The molecule has 0 aromatic rings. The van der Waals surface area contributed by atoms with E-state index in [1.54, 1.807) is 20.8 Å². The average Bonchev–Trinajstić information content (AvgIpc) is 2.20. The van der Waals surface area contributed by atoms with Crippen molar-refractivity contribution < 1.29 is 14.7 Å². The molecule has 0 saturated carbocycles. The van der Waals surface area contributed by atoms with Crippen molar-refractivity contribution in [1.82, 2.24) is 10.6 Å². The number of urea groups is 1. The van der Waals surface area contributed by atoms with Crippen LogP contribution in [0.2, 0.25) is 0 Å². The molecule has 0 heterocycles. The molecular weight excluding hydrogens is 232 g/mol. The van der Waals surface area contributed by atoms with Crippen LogP contribution >= 0.6 is 0 Å². The molecule has 5 heteroatoms. The average molecular weight is 258 g/mol. The van der Waals surface area contributed by atoms with E-state index in [1.165, 1.54) is 0 Å². The highest BCUT2D eigenvalue weighted by Gasteiger charge is 2.32. The fraction of sp³-hybridized carbons (Fsp3) is 0.846. The molecule has 0 spiro atoms. The first kappa shape index (κ1) is 16.7. The zero-order chi connectivity index (χ0) is 14.5. The van der Waals surface area contributed by atoms with Gasteiger partial charge in [-0.05, 0) is 17.3 Å². The minimum Gasteiger partial charge on any atom is -0.480 e. The zero-order valence-electron chi connectivity index (χ0n) is 12.2. The maximum atomic E-state index is 11.6. The molecule has 5 nitrogen and oxygen atoms in total. The van der Waals surface area contributed by atoms with E-state index < -0.39 is 23.5 Å². The largest absolute Gasteiger partial charge is 0.480 e. The Labute approximate surface area is 109 Å². The van der Waals surface area contributed by atoms with E-state index in [-0.39, 0.29) is 0 Å². The number of carbonyl (C=O) groups is 2. The number of amides is 2. The molecule has 2 amide bonds. The van der Waals surface area contributed by atoms with Crippen molar-refractivity contribution in [2.45, 2.75) is 47.6 Å². The highest BCUT2D eigenvalue weighted by atomic mass is 16.4. The molecule has 0 bridgehead atoms. The van der Waals surface area contributed by atoms with Crippen molar-refractivity contribution in [1.29, 1.82) is 0 Å². The van der Waals surface area contributed by atoms with Crippen molar-refractivity contribution in [2.75, 3.05) is 6.54 Å². The Morgan fingerprint density at radius 1 is 1.17 bits per heavy atom. The molecule has 2 atom stereocenters. The summed E-state index contributed by atoms with van der Waals surface area (Å²) in [7, 11) is 0. The van der Waals surface area contributed by atoms with E-state index in [0.717, 1.165) is 0 Å². The van der Waals surface area contributed by atoms with Crippen molar-refractivity contribution in [3.05, 3.63) is 0 Å². The summed E-state index contributed by atoms with van der Waals surface area (Å²) in [6.07, 6.45) is 0. The minimum absolute atomic E-state index is 0.355. The zero-order valence-corrected chi connectivity index (χ0v) is 12.2. The van der Waals surface area contributed by atoms with Gasteiger partial charge in [0.05, 0.1) is 0 Å². The van der Waals surface area contributed by atoms with Crippen LogP contribution in [0.1, 0.15) is 41.5 Å². The summed E-state index contributed by atoms with van der Waals surface area (Å²) >= 11 is 0. The highest BCUT2D eigenvalue weighted by Crippen LogP contribution is 2.19. The van der Waals surface area contributed by atoms with Crippen LogP contribution in [0.3, 0.4) is 0 Å². The second kappa shape index (κ2) is 6.61. The van der Waals surface area contributed by atoms with Gasteiger partial charge in [-0.25, -0.2) is 9.59 Å². The van der Waals surface area contributed by atoms with Gasteiger partial charge >= 0.3 is 12.0 Å². The Kier molecular flexibility index (Phi) is 6.15. The second-order valence-corrected chi connectivity index (χ2v) is 6.21. The van der Waals surface area contributed by atoms with Crippen molar-refractivity contribution >= 4 is 12.0 Å². The summed E-state index contributed by atoms with van der Waals surface area (Å²) in [4.78, 5) is 22.7. The Hall–Kier alpha value is -1.26. The Balaban J connectivity index is 4.33. The maximum Gasteiger partial charge on any atom is 0.326 e. The van der Waals surface area contributed by atoms with Crippen LogP contribution < -0.4 is 10.6 Å². The molecule has 0 aromatic carbocycles. The second-order valence-electron chi connectivity index (χ2n) is 6.21. The van der Waals surface area contributed by atoms with E-state index in [0.29, 0.717) is 18.4 Å². The highest BCUT2D eigenvalue weighted by molar-refractivity contribution is 5.83. The van der Waals surface area contributed by atoms with Gasteiger partial charge in [0.25, 0.3) is 0 Å². The molecule has 18 heavy (non-hydrogen) atoms. The third kappa shape index (κ3) is 5.89. The fourth-order valence-electron chi connectivity index (χ4n) is 1.32. The lowest BCUT2D eigenvalue weighted by molar-refractivity contribution is -0.141. The monoisotopic (exact) mass is 258 g/mol. The lowest BCUT2D eigenvalue weighted by Crippen LogP contribution is -2.52. The van der Waals surface area contributed by atoms with E-state index in [9.17, 15) is 9.59 Å². The number of rotatable bonds is 5. The maximum absolute atomic E-state index is 11.6. The van der Waals surface area contributed by atoms with Crippen LogP contribution in [0.25, 0.3) is 0 Å². The molecule has 0 fully saturated rings. The van der Waals surface area contributed by atoms with E-state index in [1.807, 2.05) is 6.92 Å². The number of aliphatic carboxylic acids is 1. The van der Waals surface area contributed by atoms with Gasteiger partial charge < -0.3 is 15.7 Å². The van der Waals surface area contributed by atoms with E-state index in [4.69, 9.17) is 5.11 Å². The minimum atomic E-state index is -1.02. The summed E-state index contributed by atoms with van der Waals surface area (Å²) in [5.41, 5.74) is -0.521. The third-order valence-electron chi connectivity index (χ3n) is 3.11. The standard InChI is InChI=1S/C13H26N2O3/c1-8(2)9(3)7-14-12(18)15-10(11(16)17)13(4,5)6/h8-10H,7H2,1-6H3,(H,16,17)(H2,14,15,18). The molecule has 0 radical (unpaired) electrons. The Morgan fingerprint density at radius 3 is 2.00 bits per heavy atom. The van der Waals surface area contributed by atoms with Gasteiger partial charge in [-0.2, -0.15) is 0 Å². The van der Waals surface area contributed by atoms with Gasteiger partial charge in [-0.15, -0.1) is 0 Å². The molecule has 0 rings (SSSR count). The van der Waals surface area contributed by atoms with Crippen LogP contribution in [-0.4, -0.2) is 29.7 Å². The quantitative estimate of drug-likeness (QED) is 0.706. The number of carbonyl (C=O) groups excluding carboxylic acids is 1. The van der Waals surface area contributed by atoms with Gasteiger partial charge in [-0.3, -0.25) is 0 Å². The number of hydrogen-bond acceptors (Lipinski definition) is 2. The first-order chi connectivity index (χ1) is 8.05. The van der Waals surface area contributed by atoms with Crippen molar-refractivity contribution in [3.8, 4) is 0 Å². The van der Waals surface area contributed by atoms with Crippen LogP contribution in [0.5, 0.6) is 0 Å². The Morgan fingerprint density at radius 2 is 1.67 bits per heavy atom. The number of nitrogens with one attached hydrogen (secondary N) is 2. The summed E-state index contributed by atoms with van der Waals surface area (Å²) in [5, 5.41) is 14.3. The molecule has 0 saturated heterocycles. The Bertz CT molecular complexity index is 295. The van der Waals surface area contributed by atoms with Gasteiger partial charge in [0.15, 0.2) is 0 Å². The predicted octanol–water partition coefficient (Wildman–Crippen LogP) is 2.08. The molecule has 2 unspecified atom stereocenters. The lowest BCUT2D eigenvalue weighted by atomic mass is 9.87. The van der Waals surface area contributed by atoms with Gasteiger partial charge in [-0.1, -0.05) is 41.5 Å². The summed E-state index contributed by atoms with van der Waals surface area (Å²) < 4.78 is 0. The SMILES string of the molecule is CC(C)C(C)CNC(=O)NC(C(=O)O)C(C)(C)C. The molecular formula is C13H26N2O3. The van der Waals surface area contributed by atoms with Crippen LogP contribution in [0.15, 0.2) is 0 Å². The normalized spacial score (nSPS) is 15.1. The van der Waals surface area contributed by atoms with Crippen LogP contribution in [0, 0.1) is 17.3 Å². The molecule has 0 aromatic heterocycles. The van der Waals surface area contributed by atoms with E-state index in [2.05, 4.69) is 24.5 Å². The summed E-state index contributed by atoms with van der Waals surface area (Å²) in [5.74, 6) is -0.189. The molecule has 0 aliphatic carbocycles. The first-order valence-electron chi connectivity index (χ1n) is 6.33.